The van der Waals surface area contributed by atoms with Crippen LogP contribution in [0.3, 0.4) is 0 Å². The van der Waals surface area contributed by atoms with Crippen molar-refractivity contribution in [2.45, 2.75) is 44.2 Å². The third-order valence-electron chi connectivity index (χ3n) is 5.77. The number of benzene rings is 3. The molecule has 0 spiro atoms. The summed E-state index contributed by atoms with van der Waals surface area (Å²) in [5.74, 6) is 0.816. The molecule has 162 valence electrons. The Labute approximate surface area is 179 Å². The molecule has 3 aromatic carbocycles. The Morgan fingerprint density at radius 1 is 0.871 bits per heavy atom. The van der Waals surface area contributed by atoms with Crippen LogP contribution < -0.4 is 4.74 Å². The van der Waals surface area contributed by atoms with E-state index in [2.05, 4.69) is 0 Å². The van der Waals surface area contributed by atoms with Gasteiger partial charge in [0.15, 0.2) is 11.6 Å². The Morgan fingerprint density at radius 2 is 1.55 bits per heavy atom. The molecule has 1 unspecified atom stereocenters. The molecule has 0 aromatic heterocycles. The summed E-state index contributed by atoms with van der Waals surface area (Å²) in [4.78, 5) is 0. The average molecular weight is 428 g/mol. The molecule has 3 aromatic rings. The first-order valence-electron chi connectivity index (χ1n) is 10.6. The fourth-order valence-electron chi connectivity index (χ4n) is 3.88. The van der Waals surface area contributed by atoms with E-state index in [0.717, 1.165) is 48.4 Å². The summed E-state index contributed by atoms with van der Waals surface area (Å²) in [6.45, 7) is 0. The van der Waals surface area contributed by atoms with Gasteiger partial charge in [-0.15, -0.1) is 0 Å². The zero-order chi connectivity index (χ0) is 21.8. The molecule has 1 saturated carbocycles. The first-order valence-corrected chi connectivity index (χ1v) is 10.6. The second kappa shape index (κ2) is 9.13. The first kappa shape index (κ1) is 21.4. The standard InChI is InChI=1S/C26H24F4O/c27-24-16-13-20(17-25(24)31-22-6-2-1-3-7-22)23(8-4-5-18-9-10-18)19-11-14-21(15-12-19)26(28,29)30/h1-3,6-7,11-18,23H,4-5,8-10H2. The normalized spacial score (nSPS) is 15.0. The summed E-state index contributed by atoms with van der Waals surface area (Å²) in [6.07, 6.45) is 1.03. The highest BCUT2D eigenvalue weighted by Gasteiger charge is 2.30. The predicted octanol–water partition coefficient (Wildman–Crippen LogP) is 8.35. The van der Waals surface area contributed by atoms with Crippen LogP contribution in [0, 0.1) is 11.7 Å². The first-order chi connectivity index (χ1) is 14.9. The van der Waals surface area contributed by atoms with Gasteiger partial charge in [-0.25, -0.2) is 4.39 Å². The van der Waals surface area contributed by atoms with Crippen molar-refractivity contribution in [1.29, 1.82) is 0 Å². The van der Waals surface area contributed by atoms with Crippen molar-refractivity contribution in [2.24, 2.45) is 5.92 Å². The van der Waals surface area contributed by atoms with Crippen LogP contribution in [-0.4, -0.2) is 0 Å². The minimum atomic E-state index is -4.37. The Morgan fingerprint density at radius 3 is 2.19 bits per heavy atom. The smallest absolute Gasteiger partial charge is 0.416 e. The highest BCUT2D eigenvalue weighted by Crippen LogP contribution is 2.39. The summed E-state index contributed by atoms with van der Waals surface area (Å²) in [7, 11) is 0. The molecule has 5 heteroatoms. The molecule has 1 nitrogen and oxygen atoms in total. The van der Waals surface area contributed by atoms with Crippen molar-refractivity contribution in [3.05, 3.63) is 95.3 Å². The summed E-state index contributed by atoms with van der Waals surface area (Å²) in [5, 5.41) is 0. The van der Waals surface area contributed by atoms with E-state index < -0.39 is 17.6 Å². The summed E-state index contributed by atoms with van der Waals surface area (Å²) >= 11 is 0. The lowest BCUT2D eigenvalue weighted by Crippen LogP contribution is -2.07. The molecule has 0 bridgehead atoms. The molecule has 0 heterocycles. The molecule has 0 saturated heterocycles. The van der Waals surface area contributed by atoms with E-state index in [1.54, 1.807) is 36.4 Å². The van der Waals surface area contributed by atoms with Gasteiger partial charge in [0.1, 0.15) is 5.75 Å². The topological polar surface area (TPSA) is 9.23 Å². The summed E-state index contributed by atoms with van der Waals surface area (Å²) < 4.78 is 59.1. The Kier molecular flexibility index (Phi) is 6.30. The third-order valence-corrected chi connectivity index (χ3v) is 5.77. The van der Waals surface area contributed by atoms with E-state index in [-0.39, 0.29) is 11.7 Å². The number of halogens is 4. The van der Waals surface area contributed by atoms with Gasteiger partial charge in [0, 0.05) is 5.92 Å². The van der Waals surface area contributed by atoms with Gasteiger partial charge < -0.3 is 4.74 Å². The molecule has 1 aliphatic rings. The molecule has 0 N–H and O–H groups in total. The van der Waals surface area contributed by atoms with Crippen LogP contribution in [0.15, 0.2) is 72.8 Å². The summed E-state index contributed by atoms with van der Waals surface area (Å²) in [6, 6.07) is 19.0. The highest BCUT2D eigenvalue weighted by atomic mass is 19.4. The molecule has 0 radical (unpaired) electrons. The number of alkyl halides is 3. The monoisotopic (exact) mass is 428 g/mol. The quantitative estimate of drug-likeness (QED) is 0.328. The number of ether oxygens (including phenoxy) is 1. The van der Waals surface area contributed by atoms with Crippen LogP contribution in [0.5, 0.6) is 11.5 Å². The van der Waals surface area contributed by atoms with Crippen LogP contribution in [0.4, 0.5) is 17.6 Å². The van der Waals surface area contributed by atoms with Gasteiger partial charge in [0.2, 0.25) is 0 Å². The van der Waals surface area contributed by atoms with E-state index in [0.29, 0.717) is 5.75 Å². The van der Waals surface area contributed by atoms with Gasteiger partial charge in [-0.1, -0.05) is 62.1 Å². The van der Waals surface area contributed by atoms with Crippen molar-refractivity contribution in [3.63, 3.8) is 0 Å². The van der Waals surface area contributed by atoms with Crippen molar-refractivity contribution in [1.82, 2.24) is 0 Å². The average Bonchev–Trinajstić information content (AvgIpc) is 3.58. The highest BCUT2D eigenvalue weighted by molar-refractivity contribution is 5.41. The molecule has 1 atom stereocenters. The Balaban J connectivity index is 1.61. The zero-order valence-electron chi connectivity index (χ0n) is 17.0. The second-order valence-electron chi connectivity index (χ2n) is 8.15. The SMILES string of the molecule is Fc1ccc(C(CCCC2CC2)c2ccc(C(F)(F)F)cc2)cc1Oc1ccccc1. The van der Waals surface area contributed by atoms with Crippen molar-refractivity contribution in [3.8, 4) is 11.5 Å². The number of rotatable bonds is 8. The van der Waals surface area contributed by atoms with Crippen molar-refractivity contribution in [2.75, 3.05) is 0 Å². The fraction of sp³-hybridized carbons (Fsp3) is 0.308. The van der Waals surface area contributed by atoms with Crippen LogP contribution >= 0.6 is 0 Å². The van der Waals surface area contributed by atoms with Gasteiger partial charge in [0.25, 0.3) is 0 Å². The second-order valence-corrected chi connectivity index (χ2v) is 8.15. The molecule has 1 fully saturated rings. The largest absolute Gasteiger partial charge is 0.454 e. The van der Waals surface area contributed by atoms with Crippen LogP contribution in [-0.2, 0) is 6.18 Å². The van der Waals surface area contributed by atoms with Gasteiger partial charge in [-0.05, 0) is 59.9 Å². The molecule has 31 heavy (non-hydrogen) atoms. The lowest BCUT2D eigenvalue weighted by molar-refractivity contribution is -0.137. The maximum atomic E-state index is 14.4. The molecule has 1 aliphatic carbocycles. The molecule has 0 amide bonds. The van der Waals surface area contributed by atoms with E-state index in [1.807, 2.05) is 6.07 Å². The van der Waals surface area contributed by atoms with Crippen LogP contribution in [0.25, 0.3) is 0 Å². The zero-order valence-corrected chi connectivity index (χ0v) is 17.0. The molecular formula is C26H24F4O. The van der Waals surface area contributed by atoms with Gasteiger partial charge >= 0.3 is 6.18 Å². The van der Waals surface area contributed by atoms with Crippen molar-refractivity contribution < 1.29 is 22.3 Å². The Bertz CT molecular complexity index is 992. The van der Waals surface area contributed by atoms with Gasteiger partial charge in [-0.3, -0.25) is 0 Å². The lowest BCUT2D eigenvalue weighted by Gasteiger charge is -2.20. The third kappa shape index (κ3) is 5.66. The number of hydrogen-bond donors (Lipinski definition) is 0. The van der Waals surface area contributed by atoms with E-state index in [4.69, 9.17) is 4.74 Å². The van der Waals surface area contributed by atoms with Crippen LogP contribution in [0.1, 0.15) is 54.7 Å². The minimum absolute atomic E-state index is 0.114. The van der Waals surface area contributed by atoms with Crippen molar-refractivity contribution >= 4 is 0 Å². The predicted molar refractivity (Wildman–Crippen MR) is 113 cm³/mol. The maximum absolute atomic E-state index is 14.4. The maximum Gasteiger partial charge on any atom is 0.416 e. The summed E-state index contributed by atoms with van der Waals surface area (Å²) in [5.41, 5.74) is 0.962. The molecule has 4 rings (SSSR count). The Hall–Kier alpha value is -2.82. The van der Waals surface area contributed by atoms with Gasteiger partial charge in [0.05, 0.1) is 5.56 Å². The van der Waals surface area contributed by atoms with Gasteiger partial charge in [-0.2, -0.15) is 13.2 Å². The lowest BCUT2D eigenvalue weighted by atomic mass is 9.86. The van der Waals surface area contributed by atoms with E-state index in [1.165, 1.54) is 31.0 Å². The minimum Gasteiger partial charge on any atom is -0.454 e. The molecular weight excluding hydrogens is 404 g/mol. The van der Waals surface area contributed by atoms with E-state index >= 15 is 0 Å². The number of para-hydroxylation sites is 1. The molecule has 0 aliphatic heterocycles. The van der Waals surface area contributed by atoms with Crippen LogP contribution in [0.2, 0.25) is 0 Å². The fourth-order valence-corrected chi connectivity index (χ4v) is 3.88. The number of hydrogen-bond acceptors (Lipinski definition) is 1. The van der Waals surface area contributed by atoms with E-state index in [9.17, 15) is 17.6 Å².